The zero-order chi connectivity index (χ0) is 20.0. The van der Waals surface area contributed by atoms with Crippen molar-refractivity contribution in [3.8, 4) is 5.75 Å². The van der Waals surface area contributed by atoms with Gasteiger partial charge in [0.2, 0.25) is 11.8 Å². The maximum Gasteiger partial charge on any atom is 0.242 e. The molecule has 2 aromatic carbocycles. The van der Waals surface area contributed by atoms with Gasteiger partial charge in [0.15, 0.2) is 0 Å². The topological polar surface area (TPSA) is 58.6 Å². The van der Waals surface area contributed by atoms with Gasteiger partial charge in [0.25, 0.3) is 0 Å². The van der Waals surface area contributed by atoms with Crippen molar-refractivity contribution in [2.75, 3.05) is 14.2 Å². The standard InChI is InChI=1S/C20H22Cl2N2O3/c1-13(20(26)23-2)24(12-14-5-4-6-17(9-14)27-3)19(25)10-15-7-8-16(21)11-18(15)22/h4-9,11,13H,10,12H2,1-3H3,(H,23,26). The summed E-state index contributed by atoms with van der Waals surface area (Å²) < 4.78 is 5.24. The molecule has 0 bridgehead atoms. The Morgan fingerprint density at radius 3 is 2.56 bits per heavy atom. The number of amides is 2. The number of halogens is 2. The normalized spacial score (nSPS) is 11.6. The van der Waals surface area contributed by atoms with Crippen LogP contribution in [-0.2, 0) is 22.6 Å². The van der Waals surface area contributed by atoms with E-state index in [0.29, 0.717) is 21.4 Å². The fourth-order valence-electron chi connectivity index (χ4n) is 2.69. The lowest BCUT2D eigenvalue weighted by Crippen LogP contribution is -2.47. The number of hydrogen-bond acceptors (Lipinski definition) is 3. The van der Waals surface area contributed by atoms with Gasteiger partial charge in [-0.15, -0.1) is 0 Å². The van der Waals surface area contributed by atoms with E-state index in [-0.39, 0.29) is 24.8 Å². The molecule has 2 aromatic rings. The molecule has 1 unspecified atom stereocenters. The molecule has 1 N–H and O–H groups in total. The van der Waals surface area contributed by atoms with Crippen molar-refractivity contribution in [2.24, 2.45) is 0 Å². The Labute approximate surface area is 169 Å². The summed E-state index contributed by atoms with van der Waals surface area (Å²) in [4.78, 5) is 26.7. The van der Waals surface area contributed by atoms with Crippen LogP contribution >= 0.6 is 23.2 Å². The third kappa shape index (κ3) is 5.62. The first-order valence-corrected chi connectivity index (χ1v) is 9.19. The Morgan fingerprint density at radius 2 is 1.93 bits per heavy atom. The largest absolute Gasteiger partial charge is 0.497 e. The van der Waals surface area contributed by atoms with Crippen LogP contribution in [0.25, 0.3) is 0 Å². The number of carbonyl (C=O) groups is 2. The first-order chi connectivity index (χ1) is 12.8. The van der Waals surface area contributed by atoms with Crippen molar-refractivity contribution >= 4 is 35.0 Å². The molecular weight excluding hydrogens is 387 g/mol. The van der Waals surface area contributed by atoms with Gasteiger partial charge >= 0.3 is 0 Å². The monoisotopic (exact) mass is 408 g/mol. The van der Waals surface area contributed by atoms with Gasteiger partial charge in [-0.2, -0.15) is 0 Å². The molecule has 0 radical (unpaired) electrons. The van der Waals surface area contributed by atoms with Gasteiger partial charge in [0.1, 0.15) is 11.8 Å². The molecule has 0 aliphatic heterocycles. The van der Waals surface area contributed by atoms with Crippen molar-refractivity contribution in [1.29, 1.82) is 0 Å². The molecule has 0 aliphatic carbocycles. The van der Waals surface area contributed by atoms with Crippen LogP contribution < -0.4 is 10.1 Å². The second-order valence-corrected chi connectivity index (χ2v) is 6.92. The van der Waals surface area contributed by atoms with Crippen LogP contribution in [-0.4, -0.2) is 36.9 Å². The molecule has 5 nitrogen and oxygen atoms in total. The van der Waals surface area contributed by atoms with E-state index < -0.39 is 6.04 Å². The van der Waals surface area contributed by atoms with E-state index in [0.717, 1.165) is 5.56 Å². The summed E-state index contributed by atoms with van der Waals surface area (Å²) in [6.07, 6.45) is 0.0707. The van der Waals surface area contributed by atoms with Gasteiger partial charge in [0.05, 0.1) is 13.5 Å². The molecule has 0 saturated heterocycles. The first kappa shape index (κ1) is 21.1. The van der Waals surface area contributed by atoms with Crippen LogP contribution in [0.3, 0.4) is 0 Å². The van der Waals surface area contributed by atoms with Crippen molar-refractivity contribution in [3.05, 3.63) is 63.6 Å². The summed E-state index contributed by atoms with van der Waals surface area (Å²) in [6.45, 7) is 1.97. The van der Waals surface area contributed by atoms with Gasteiger partial charge in [-0.25, -0.2) is 0 Å². The first-order valence-electron chi connectivity index (χ1n) is 8.43. The number of nitrogens with zero attached hydrogens (tertiary/aromatic N) is 1. The fraction of sp³-hybridized carbons (Fsp3) is 0.300. The number of hydrogen-bond donors (Lipinski definition) is 1. The highest BCUT2D eigenvalue weighted by Gasteiger charge is 2.26. The lowest BCUT2D eigenvalue weighted by atomic mass is 10.1. The van der Waals surface area contributed by atoms with E-state index in [4.69, 9.17) is 27.9 Å². The van der Waals surface area contributed by atoms with E-state index in [1.54, 1.807) is 39.3 Å². The second kappa shape index (κ2) is 9.62. The number of ether oxygens (including phenoxy) is 1. The molecule has 7 heteroatoms. The maximum absolute atomic E-state index is 13.0. The number of likely N-dealkylation sites (N-methyl/N-ethyl adjacent to an activating group) is 1. The van der Waals surface area contributed by atoms with Crippen molar-refractivity contribution in [2.45, 2.75) is 25.9 Å². The van der Waals surface area contributed by atoms with E-state index in [1.165, 1.54) is 4.90 Å². The zero-order valence-electron chi connectivity index (χ0n) is 15.5. The average molecular weight is 409 g/mol. The van der Waals surface area contributed by atoms with Gasteiger partial charge in [-0.05, 0) is 42.3 Å². The number of rotatable bonds is 7. The minimum Gasteiger partial charge on any atom is -0.497 e. The molecule has 0 spiro atoms. The minimum atomic E-state index is -0.639. The van der Waals surface area contributed by atoms with E-state index in [9.17, 15) is 9.59 Å². The summed E-state index contributed by atoms with van der Waals surface area (Å²) in [5.41, 5.74) is 1.52. The van der Waals surface area contributed by atoms with Crippen LogP contribution in [0.15, 0.2) is 42.5 Å². The van der Waals surface area contributed by atoms with Gasteiger partial charge in [0, 0.05) is 23.6 Å². The Balaban J connectivity index is 2.27. The number of carbonyl (C=O) groups excluding carboxylic acids is 2. The molecule has 27 heavy (non-hydrogen) atoms. The summed E-state index contributed by atoms with van der Waals surface area (Å²) >= 11 is 12.1. The Bertz CT molecular complexity index is 827. The molecule has 2 rings (SSSR count). The molecule has 0 aliphatic rings. The lowest BCUT2D eigenvalue weighted by molar-refractivity contribution is -0.139. The quantitative estimate of drug-likeness (QED) is 0.759. The molecule has 1 atom stereocenters. The Hall–Kier alpha value is -2.24. The van der Waals surface area contributed by atoms with E-state index in [2.05, 4.69) is 5.32 Å². The zero-order valence-corrected chi connectivity index (χ0v) is 17.0. The minimum absolute atomic E-state index is 0.0707. The molecule has 0 saturated carbocycles. The van der Waals surface area contributed by atoms with Crippen LogP contribution in [0, 0.1) is 0 Å². The van der Waals surface area contributed by atoms with Gasteiger partial charge in [-0.3, -0.25) is 9.59 Å². The molecule has 2 amide bonds. The molecular formula is C20H22Cl2N2O3. The van der Waals surface area contributed by atoms with Crippen LogP contribution in [0.4, 0.5) is 0 Å². The summed E-state index contributed by atoms with van der Waals surface area (Å²) in [6, 6.07) is 11.8. The third-order valence-electron chi connectivity index (χ3n) is 4.26. The molecule has 144 valence electrons. The molecule has 0 fully saturated rings. The highest BCUT2D eigenvalue weighted by atomic mass is 35.5. The smallest absolute Gasteiger partial charge is 0.242 e. The Kier molecular flexibility index (Phi) is 7.51. The summed E-state index contributed by atoms with van der Waals surface area (Å²) in [5.74, 6) is 0.236. The van der Waals surface area contributed by atoms with Crippen molar-refractivity contribution in [1.82, 2.24) is 10.2 Å². The highest BCUT2D eigenvalue weighted by molar-refractivity contribution is 6.35. The Morgan fingerprint density at radius 1 is 1.19 bits per heavy atom. The summed E-state index contributed by atoms with van der Waals surface area (Å²) in [7, 11) is 3.13. The number of benzene rings is 2. The second-order valence-electron chi connectivity index (χ2n) is 6.08. The molecule has 0 aromatic heterocycles. The predicted molar refractivity (Wildman–Crippen MR) is 107 cm³/mol. The van der Waals surface area contributed by atoms with Crippen LogP contribution in [0.2, 0.25) is 10.0 Å². The van der Waals surface area contributed by atoms with Crippen LogP contribution in [0.1, 0.15) is 18.1 Å². The number of methoxy groups -OCH3 is 1. The van der Waals surface area contributed by atoms with Crippen LogP contribution in [0.5, 0.6) is 5.75 Å². The van der Waals surface area contributed by atoms with Crippen molar-refractivity contribution in [3.63, 3.8) is 0 Å². The lowest BCUT2D eigenvalue weighted by Gasteiger charge is -2.28. The predicted octanol–water partition coefficient (Wildman–Crippen LogP) is 3.71. The van der Waals surface area contributed by atoms with Gasteiger partial charge in [-0.1, -0.05) is 41.4 Å². The highest BCUT2D eigenvalue weighted by Crippen LogP contribution is 2.23. The van der Waals surface area contributed by atoms with E-state index >= 15 is 0 Å². The fourth-order valence-corrected chi connectivity index (χ4v) is 3.16. The van der Waals surface area contributed by atoms with Gasteiger partial charge < -0.3 is 15.0 Å². The van der Waals surface area contributed by atoms with Crippen molar-refractivity contribution < 1.29 is 14.3 Å². The average Bonchev–Trinajstić information content (AvgIpc) is 2.67. The SMILES string of the molecule is CNC(=O)C(C)N(Cc1cccc(OC)c1)C(=O)Cc1ccc(Cl)cc1Cl. The molecule has 0 heterocycles. The number of nitrogens with one attached hydrogen (secondary N) is 1. The maximum atomic E-state index is 13.0. The third-order valence-corrected chi connectivity index (χ3v) is 4.84. The summed E-state index contributed by atoms with van der Waals surface area (Å²) in [5, 5.41) is 3.51. The van der Waals surface area contributed by atoms with E-state index in [1.807, 2.05) is 24.3 Å².